The Hall–Kier alpha value is 0.910. The van der Waals surface area contributed by atoms with Gasteiger partial charge in [0.15, 0.2) is 0 Å². The van der Waals surface area contributed by atoms with E-state index in [4.69, 9.17) is 0 Å². The van der Waals surface area contributed by atoms with E-state index in [0.717, 1.165) is 12.8 Å². The molecule has 32 heavy (non-hydrogen) atoms. The van der Waals surface area contributed by atoms with E-state index in [1.807, 2.05) is 0 Å². The largest absolute Gasteiger partial charge is 1.00 e. The van der Waals surface area contributed by atoms with Gasteiger partial charge in [0.2, 0.25) is 0 Å². The molecule has 0 aliphatic carbocycles. The van der Waals surface area contributed by atoms with Crippen molar-refractivity contribution in [1.29, 1.82) is 0 Å². The van der Waals surface area contributed by atoms with Crippen LogP contribution in [0.15, 0.2) is 0 Å². The van der Waals surface area contributed by atoms with E-state index in [9.17, 15) is 13.0 Å². The molecule has 0 radical (unpaired) electrons. The Kier molecular flexibility index (Phi) is 30.9. The van der Waals surface area contributed by atoms with Crippen molar-refractivity contribution in [3.05, 3.63) is 0 Å². The first-order valence-corrected chi connectivity index (χ1v) is 15.6. The van der Waals surface area contributed by atoms with Crippen molar-refractivity contribution in [2.45, 2.75) is 167 Å². The van der Waals surface area contributed by atoms with Crippen molar-refractivity contribution in [3.8, 4) is 0 Å². The summed E-state index contributed by atoms with van der Waals surface area (Å²) in [5, 5.41) is 0. The Labute approximate surface area is 224 Å². The normalized spacial score (nSPS) is 11.6. The van der Waals surface area contributed by atoms with Crippen LogP contribution in [0.3, 0.4) is 0 Å². The van der Waals surface area contributed by atoms with Crippen LogP contribution in [0.2, 0.25) is 0 Å². The van der Waals surface area contributed by atoms with Crippen LogP contribution in [0.1, 0.15) is 167 Å². The van der Waals surface area contributed by atoms with Crippen molar-refractivity contribution >= 4 is 10.1 Å². The quantitative estimate of drug-likeness (QED) is 0.0825. The maximum Gasteiger partial charge on any atom is 1.00 e. The second kappa shape index (κ2) is 28.1. The van der Waals surface area contributed by atoms with Crippen molar-refractivity contribution in [1.82, 2.24) is 0 Å². The third kappa shape index (κ3) is 33.1. The molecule has 0 bridgehead atoms. The number of unbranched alkanes of at least 4 members (excludes halogenated alkanes) is 24. The first kappa shape index (κ1) is 35.1. The molecule has 0 rings (SSSR count). The molecular formula is C27H55NaO3S. The van der Waals surface area contributed by atoms with Crippen LogP contribution in [0.25, 0.3) is 0 Å². The van der Waals surface area contributed by atoms with Gasteiger partial charge in [-0.05, 0) is 6.42 Å². The molecule has 188 valence electrons. The predicted octanol–water partition coefficient (Wildman–Crippen LogP) is 6.31. The summed E-state index contributed by atoms with van der Waals surface area (Å²) in [5.41, 5.74) is 0. The Morgan fingerprint density at radius 2 is 0.594 bits per heavy atom. The minimum Gasteiger partial charge on any atom is -0.748 e. The molecule has 0 saturated carbocycles. The van der Waals surface area contributed by atoms with Crippen LogP contribution in [-0.4, -0.2) is 18.7 Å². The molecule has 0 N–H and O–H groups in total. The summed E-state index contributed by atoms with van der Waals surface area (Å²) in [5.74, 6) is -0.188. The van der Waals surface area contributed by atoms with Crippen molar-refractivity contribution in [3.63, 3.8) is 0 Å². The molecule has 0 aliphatic rings. The van der Waals surface area contributed by atoms with Crippen LogP contribution in [0.4, 0.5) is 0 Å². The number of hydrogen-bond acceptors (Lipinski definition) is 3. The van der Waals surface area contributed by atoms with Crippen LogP contribution >= 0.6 is 0 Å². The molecule has 0 aromatic heterocycles. The molecule has 0 atom stereocenters. The molecule has 0 aromatic rings. The van der Waals surface area contributed by atoms with Gasteiger partial charge in [-0.25, -0.2) is 8.42 Å². The van der Waals surface area contributed by atoms with Gasteiger partial charge < -0.3 is 4.55 Å². The molecule has 0 spiro atoms. The summed E-state index contributed by atoms with van der Waals surface area (Å²) in [4.78, 5) is 0. The maximum absolute atomic E-state index is 10.5. The molecule has 0 aliphatic heterocycles. The molecule has 5 heteroatoms. The average Bonchev–Trinajstić information content (AvgIpc) is 2.73. The molecule has 0 amide bonds. The summed E-state index contributed by atoms with van der Waals surface area (Å²) < 4.78 is 31.5. The van der Waals surface area contributed by atoms with Gasteiger partial charge in [0.25, 0.3) is 0 Å². The Balaban J connectivity index is 0. The third-order valence-electron chi connectivity index (χ3n) is 6.50. The Bertz CT molecular complexity index is 440. The summed E-state index contributed by atoms with van der Waals surface area (Å²) in [6, 6.07) is 0. The molecule has 0 fully saturated rings. The first-order chi connectivity index (χ1) is 15.1. The molecule has 0 unspecified atom stereocenters. The zero-order valence-electron chi connectivity index (χ0n) is 22.0. The smallest absolute Gasteiger partial charge is 0.748 e. The van der Waals surface area contributed by atoms with E-state index in [1.165, 1.54) is 141 Å². The summed E-state index contributed by atoms with van der Waals surface area (Å²) >= 11 is 0. The van der Waals surface area contributed by atoms with E-state index in [0.29, 0.717) is 6.42 Å². The van der Waals surface area contributed by atoms with Crippen molar-refractivity contribution in [2.75, 3.05) is 5.75 Å². The van der Waals surface area contributed by atoms with Gasteiger partial charge in [-0.1, -0.05) is 161 Å². The van der Waals surface area contributed by atoms with Crippen LogP contribution < -0.4 is 29.6 Å². The zero-order valence-corrected chi connectivity index (χ0v) is 24.8. The summed E-state index contributed by atoms with van der Waals surface area (Å²) in [6.45, 7) is 2.29. The van der Waals surface area contributed by atoms with Crippen LogP contribution in [-0.2, 0) is 10.1 Å². The maximum atomic E-state index is 10.5. The fourth-order valence-corrected chi connectivity index (χ4v) is 4.98. The topological polar surface area (TPSA) is 57.2 Å². The minimum absolute atomic E-state index is 0. The Morgan fingerprint density at radius 1 is 0.406 bits per heavy atom. The van der Waals surface area contributed by atoms with Gasteiger partial charge in [0.05, 0.1) is 10.1 Å². The van der Waals surface area contributed by atoms with E-state index in [2.05, 4.69) is 6.92 Å². The summed E-state index contributed by atoms with van der Waals surface area (Å²) in [7, 11) is -4.00. The second-order valence-electron chi connectivity index (χ2n) is 9.75. The van der Waals surface area contributed by atoms with Crippen LogP contribution in [0.5, 0.6) is 0 Å². The first-order valence-electron chi connectivity index (χ1n) is 14.0. The number of hydrogen-bond donors (Lipinski definition) is 0. The fraction of sp³-hybridized carbons (Fsp3) is 1.00. The van der Waals surface area contributed by atoms with E-state index < -0.39 is 10.1 Å². The van der Waals surface area contributed by atoms with Gasteiger partial charge in [-0.3, -0.25) is 0 Å². The van der Waals surface area contributed by atoms with Gasteiger partial charge in [-0.2, -0.15) is 0 Å². The van der Waals surface area contributed by atoms with Crippen LogP contribution in [0, 0.1) is 0 Å². The monoisotopic (exact) mass is 482 g/mol. The zero-order chi connectivity index (χ0) is 22.9. The Morgan fingerprint density at radius 3 is 0.781 bits per heavy atom. The molecular weight excluding hydrogens is 427 g/mol. The average molecular weight is 483 g/mol. The van der Waals surface area contributed by atoms with E-state index in [1.54, 1.807) is 0 Å². The molecule has 0 aromatic carbocycles. The van der Waals surface area contributed by atoms with Gasteiger partial charge in [0, 0.05) is 5.75 Å². The number of rotatable bonds is 26. The summed E-state index contributed by atoms with van der Waals surface area (Å²) in [6.07, 6.45) is 33.3. The van der Waals surface area contributed by atoms with Crippen molar-refractivity contribution < 1.29 is 42.5 Å². The standard InChI is InChI=1S/C27H56O3S.Na/c1-2-3-4-5-6-7-8-9-10-11-12-13-14-15-16-17-18-19-20-21-22-23-24-25-26-27-31(28,29)30;/h2-27H2,1H3,(H,28,29,30);/q;+1/p-1. The molecule has 3 nitrogen and oxygen atoms in total. The fourth-order valence-electron chi connectivity index (χ4n) is 4.42. The van der Waals surface area contributed by atoms with Gasteiger partial charge in [0.1, 0.15) is 0 Å². The van der Waals surface area contributed by atoms with Gasteiger partial charge >= 0.3 is 29.6 Å². The minimum atomic E-state index is -4.00. The molecule has 0 heterocycles. The van der Waals surface area contributed by atoms with Crippen molar-refractivity contribution in [2.24, 2.45) is 0 Å². The predicted molar refractivity (Wildman–Crippen MR) is 136 cm³/mol. The van der Waals surface area contributed by atoms with E-state index >= 15 is 0 Å². The van der Waals surface area contributed by atoms with E-state index in [-0.39, 0.29) is 35.3 Å². The molecule has 0 saturated heterocycles. The second-order valence-corrected chi connectivity index (χ2v) is 11.3. The third-order valence-corrected chi connectivity index (χ3v) is 7.29. The van der Waals surface area contributed by atoms with Gasteiger partial charge in [-0.15, -0.1) is 0 Å². The SMILES string of the molecule is CCCCCCCCCCCCCCCCCCCCCCCCCCCS(=O)(=O)[O-].[Na+].